The highest BCUT2D eigenvalue weighted by molar-refractivity contribution is 7.81. The summed E-state index contributed by atoms with van der Waals surface area (Å²) in [5, 5.41) is 0.713. The summed E-state index contributed by atoms with van der Waals surface area (Å²) < 4.78 is 0. The minimum atomic E-state index is 0.713. The number of fused-ring (bicyclic) bond motifs is 3. The molecule has 0 heterocycles. The van der Waals surface area contributed by atoms with Gasteiger partial charge in [-0.3, -0.25) is 0 Å². The minimum absolute atomic E-state index is 0.713. The van der Waals surface area contributed by atoms with Crippen LogP contribution in [0.1, 0.15) is 51.4 Å². The van der Waals surface area contributed by atoms with Gasteiger partial charge in [0.15, 0.2) is 0 Å². The zero-order valence-corrected chi connectivity index (χ0v) is 11.1. The van der Waals surface area contributed by atoms with Crippen molar-refractivity contribution < 1.29 is 0 Å². The summed E-state index contributed by atoms with van der Waals surface area (Å²) in [6.07, 6.45) is 11.3. The van der Waals surface area contributed by atoms with Gasteiger partial charge in [0.2, 0.25) is 0 Å². The summed E-state index contributed by atoms with van der Waals surface area (Å²) in [7, 11) is 0. The second kappa shape index (κ2) is 4.40. The van der Waals surface area contributed by atoms with Gasteiger partial charge < -0.3 is 0 Å². The van der Waals surface area contributed by atoms with E-state index < -0.39 is 0 Å². The minimum Gasteiger partial charge on any atom is -0.176 e. The molecule has 0 nitrogen and oxygen atoms in total. The van der Waals surface area contributed by atoms with Gasteiger partial charge in [0.1, 0.15) is 0 Å². The molecule has 90 valence electrons. The van der Waals surface area contributed by atoms with Crippen LogP contribution in [0.3, 0.4) is 0 Å². The average Bonchev–Trinajstić information content (AvgIpc) is 2.28. The Balaban J connectivity index is 1.77. The number of rotatable bonds is 0. The normalized spacial score (nSPS) is 48.3. The Bertz CT molecular complexity index is 283. The number of hydrogen-bond acceptors (Lipinski definition) is 1. The van der Waals surface area contributed by atoms with Crippen LogP contribution < -0.4 is 0 Å². The van der Waals surface area contributed by atoms with E-state index in [-0.39, 0.29) is 0 Å². The lowest BCUT2D eigenvalue weighted by atomic mass is 9.57. The maximum Gasteiger partial charge on any atom is 0.00478 e. The third-order valence-corrected chi connectivity index (χ3v) is 6.13. The number of allylic oxidation sites excluding steroid dienone is 1. The fourth-order valence-corrected chi connectivity index (χ4v) is 5.28. The van der Waals surface area contributed by atoms with E-state index in [9.17, 15) is 0 Å². The van der Waals surface area contributed by atoms with Gasteiger partial charge in [-0.25, -0.2) is 0 Å². The fraction of sp³-hybridized carbons (Fsp3) is 0.867. The summed E-state index contributed by atoms with van der Waals surface area (Å²) in [6, 6.07) is 0. The SMILES string of the molecule is C=C1CCC2C3CCC[C@H](S)C3CC[C@H]2C1. The smallest absolute Gasteiger partial charge is 0.00478 e. The molecule has 0 aromatic carbocycles. The topological polar surface area (TPSA) is 0 Å². The third kappa shape index (κ3) is 1.85. The second-order valence-corrected chi connectivity index (χ2v) is 6.98. The first kappa shape index (κ1) is 11.2. The molecule has 0 aliphatic heterocycles. The average molecular weight is 236 g/mol. The van der Waals surface area contributed by atoms with E-state index in [1.54, 1.807) is 0 Å². The van der Waals surface area contributed by atoms with Crippen LogP contribution in [0.2, 0.25) is 0 Å². The van der Waals surface area contributed by atoms with Gasteiger partial charge in [-0.1, -0.05) is 18.6 Å². The van der Waals surface area contributed by atoms with Crippen LogP contribution >= 0.6 is 12.6 Å². The molecular weight excluding hydrogens is 212 g/mol. The van der Waals surface area contributed by atoms with Crippen molar-refractivity contribution in [3.63, 3.8) is 0 Å². The molecule has 0 amide bonds. The summed E-state index contributed by atoms with van der Waals surface area (Å²) in [6.45, 7) is 4.21. The zero-order chi connectivity index (χ0) is 11.1. The molecule has 3 saturated carbocycles. The Morgan fingerprint density at radius 2 is 1.81 bits per heavy atom. The third-order valence-electron chi connectivity index (χ3n) is 5.49. The summed E-state index contributed by atoms with van der Waals surface area (Å²) in [5.74, 6) is 3.98. The lowest BCUT2D eigenvalue weighted by Gasteiger charge is -2.50. The molecule has 3 aliphatic carbocycles. The van der Waals surface area contributed by atoms with Crippen molar-refractivity contribution in [1.29, 1.82) is 0 Å². The van der Waals surface area contributed by atoms with Crippen molar-refractivity contribution in [3.8, 4) is 0 Å². The van der Waals surface area contributed by atoms with Crippen LogP contribution in [0.4, 0.5) is 0 Å². The van der Waals surface area contributed by atoms with Crippen LogP contribution in [0.5, 0.6) is 0 Å². The molecular formula is C15H24S. The largest absolute Gasteiger partial charge is 0.176 e. The van der Waals surface area contributed by atoms with Crippen LogP contribution in [0.25, 0.3) is 0 Å². The van der Waals surface area contributed by atoms with Crippen molar-refractivity contribution in [2.75, 3.05) is 0 Å². The highest BCUT2D eigenvalue weighted by atomic mass is 32.1. The second-order valence-electron chi connectivity index (χ2n) is 6.32. The predicted octanol–water partition coefficient (Wildman–Crippen LogP) is 4.47. The molecule has 0 saturated heterocycles. The van der Waals surface area contributed by atoms with Gasteiger partial charge in [0.25, 0.3) is 0 Å². The molecule has 0 aromatic heterocycles. The highest BCUT2D eigenvalue weighted by Crippen LogP contribution is 2.52. The lowest BCUT2D eigenvalue weighted by Crippen LogP contribution is -2.42. The molecule has 3 aliphatic rings. The molecule has 3 unspecified atom stereocenters. The quantitative estimate of drug-likeness (QED) is 0.466. The number of hydrogen-bond donors (Lipinski definition) is 1. The van der Waals surface area contributed by atoms with Gasteiger partial charge in [-0.05, 0) is 68.6 Å². The molecule has 16 heavy (non-hydrogen) atoms. The van der Waals surface area contributed by atoms with E-state index in [0.29, 0.717) is 5.25 Å². The van der Waals surface area contributed by atoms with Crippen molar-refractivity contribution in [2.45, 2.75) is 56.6 Å². The summed E-state index contributed by atoms with van der Waals surface area (Å²) in [5.41, 5.74) is 1.53. The molecule has 5 atom stereocenters. The van der Waals surface area contributed by atoms with Crippen LogP contribution in [-0.4, -0.2) is 5.25 Å². The lowest BCUT2D eigenvalue weighted by molar-refractivity contribution is 0.0433. The van der Waals surface area contributed by atoms with Crippen molar-refractivity contribution in [3.05, 3.63) is 12.2 Å². The predicted molar refractivity (Wildman–Crippen MR) is 72.8 cm³/mol. The first-order chi connectivity index (χ1) is 7.75. The van der Waals surface area contributed by atoms with Gasteiger partial charge in [-0.15, -0.1) is 0 Å². The van der Waals surface area contributed by atoms with Crippen LogP contribution in [0, 0.1) is 23.7 Å². The van der Waals surface area contributed by atoms with Gasteiger partial charge in [-0.2, -0.15) is 12.6 Å². The number of thiol groups is 1. The molecule has 0 N–H and O–H groups in total. The van der Waals surface area contributed by atoms with Crippen LogP contribution in [0.15, 0.2) is 12.2 Å². The molecule has 0 spiro atoms. The molecule has 0 radical (unpaired) electrons. The van der Waals surface area contributed by atoms with Crippen LogP contribution in [-0.2, 0) is 0 Å². The summed E-state index contributed by atoms with van der Waals surface area (Å²) in [4.78, 5) is 0. The molecule has 0 bridgehead atoms. The van der Waals surface area contributed by atoms with Gasteiger partial charge in [0.05, 0.1) is 0 Å². The highest BCUT2D eigenvalue weighted by Gasteiger charge is 2.44. The maximum atomic E-state index is 4.84. The molecule has 3 fully saturated rings. The summed E-state index contributed by atoms with van der Waals surface area (Å²) >= 11 is 4.84. The van der Waals surface area contributed by atoms with E-state index in [0.717, 1.165) is 23.7 Å². The standard InChI is InChI=1S/C15H24S/c1-10-5-7-12-11(9-10)6-8-14-13(12)3-2-4-15(14)16/h11-16H,1-9H2/t11-,12?,13?,14?,15-/m0/s1. The Morgan fingerprint density at radius 3 is 2.69 bits per heavy atom. The first-order valence-corrected chi connectivity index (χ1v) is 7.62. The molecule has 3 rings (SSSR count). The Morgan fingerprint density at radius 1 is 0.938 bits per heavy atom. The molecule has 0 aromatic rings. The Kier molecular flexibility index (Phi) is 3.08. The van der Waals surface area contributed by atoms with Crippen molar-refractivity contribution in [1.82, 2.24) is 0 Å². The van der Waals surface area contributed by atoms with E-state index >= 15 is 0 Å². The monoisotopic (exact) mass is 236 g/mol. The zero-order valence-electron chi connectivity index (χ0n) is 10.2. The fourth-order valence-electron chi connectivity index (χ4n) is 4.73. The van der Waals surface area contributed by atoms with E-state index in [1.807, 2.05) is 0 Å². The Labute approximate surface area is 105 Å². The van der Waals surface area contributed by atoms with E-state index in [2.05, 4.69) is 6.58 Å². The van der Waals surface area contributed by atoms with E-state index in [4.69, 9.17) is 12.6 Å². The van der Waals surface area contributed by atoms with E-state index in [1.165, 1.54) is 56.9 Å². The van der Waals surface area contributed by atoms with Gasteiger partial charge >= 0.3 is 0 Å². The molecule has 1 heteroatoms. The van der Waals surface area contributed by atoms with Crippen molar-refractivity contribution >= 4 is 12.6 Å². The van der Waals surface area contributed by atoms with Crippen molar-refractivity contribution in [2.24, 2.45) is 23.7 Å². The maximum absolute atomic E-state index is 4.84. The Hall–Kier alpha value is 0.0900. The van der Waals surface area contributed by atoms with Gasteiger partial charge in [0, 0.05) is 5.25 Å². The first-order valence-electron chi connectivity index (χ1n) is 7.10.